The minimum atomic E-state index is 0.477. The summed E-state index contributed by atoms with van der Waals surface area (Å²) in [6, 6.07) is 0. The molecular weight excluding hydrogens is 251 g/mol. The highest BCUT2D eigenvalue weighted by Gasteiger charge is 2.24. The molecule has 0 N–H and O–H groups in total. The van der Waals surface area contributed by atoms with E-state index in [-0.39, 0.29) is 0 Å². The summed E-state index contributed by atoms with van der Waals surface area (Å²) >= 11 is 2.49. The Bertz CT molecular complexity index is 150. The molecule has 64 valence electrons. The molecule has 0 bridgehead atoms. The average Bonchev–Trinajstić information content (AvgIpc) is 2.31. The fraction of sp³-hybridized carbons (Fsp3) is 0.778. The van der Waals surface area contributed by atoms with E-state index < -0.39 is 0 Å². The molecule has 1 rings (SSSR count). The third-order valence-electron chi connectivity index (χ3n) is 1.89. The highest BCUT2D eigenvalue weighted by Crippen LogP contribution is 2.24. The van der Waals surface area contributed by atoms with Gasteiger partial charge < -0.3 is 4.74 Å². The van der Waals surface area contributed by atoms with E-state index in [1.54, 1.807) is 0 Å². The third kappa shape index (κ3) is 3.11. The number of ether oxygens (including phenoxy) is 1. The van der Waals surface area contributed by atoms with Gasteiger partial charge in [-0.05, 0) is 26.7 Å². The van der Waals surface area contributed by atoms with Crippen molar-refractivity contribution in [1.29, 1.82) is 0 Å². The van der Waals surface area contributed by atoms with E-state index in [9.17, 15) is 0 Å². The molecule has 0 aromatic carbocycles. The average molecular weight is 266 g/mol. The lowest BCUT2D eigenvalue weighted by molar-refractivity contribution is 0.116. The van der Waals surface area contributed by atoms with Gasteiger partial charge in [0, 0.05) is 10.5 Å². The topological polar surface area (TPSA) is 9.23 Å². The van der Waals surface area contributed by atoms with Crippen molar-refractivity contribution >= 4 is 22.6 Å². The number of halogens is 1. The lowest BCUT2D eigenvalue weighted by atomic mass is 10.1. The van der Waals surface area contributed by atoms with Gasteiger partial charge in [0.15, 0.2) is 0 Å². The van der Waals surface area contributed by atoms with Crippen LogP contribution in [-0.2, 0) is 4.74 Å². The lowest BCUT2D eigenvalue weighted by Gasteiger charge is -2.10. The number of alkyl halides is 1. The Kier molecular flexibility index (Phi) is 3.85. The van der Waals surface area contributed by atoms with Gasteiger partial charge in [0.25, 0.3) is 0 Å². The van der Waals surface area contributed by atoms with E-state index in [0.717, 1.165) is 17.0 Å². The summed E-state index contributed by atoms with van der Waals surface area (Å²) in [5.74, 6) is 0. The Balaban J connectivity index is 2.31. The molecule has 2 atom stereocenters. The van der Waals surface area contributed by atoms with Gasteiger partial charge in [-0.15, -0.1) is 0 Å². The molecule has 1 heterocycles. The van der Waals surface area contributed by atoms with Crippen LogP contribution in [-0.4, -0.2) is 16.6 Å². The molecule has 1 nitrogen and oxygen atoms in total. The van der Waals surface area contributed by atoms with Crippen LogP contribution in [0.1, 0.15) is 26.7 Å². The Morgan fingerprint density at radius 1 is 1.64 bits per heavy atom. The van der Waals surface area contributed by atoms with E-state index >= 15 is 0 Å². The van der Waals surface area contributed by atoms with E-state index in [1.807, 2.05) is 0 Å². The third-order valence-corrected chi connectivity index (χ3v) is 3.31. The van der Waals surface area contributed by atoms with Crippen molar-refractivity contribution in [3.8, 4) is 0 Å². The molecule has 2 heteroatoms. The van der Waals surface area contributed by atoms with E-state index in [1.165, 1.54) is 12.0 Å². The fourth-order valence-corrected chi connectivity index (χ4v) is 1.95. The van der Waals surface area contributed by atoms with Crippen LogP contribution in [0.3, 0.4) is 0 Å². The molecule has 0 amide bonds. The standard InChI is InChI=1S/C9H15IO/c1-7(2)3-4-9-8(10)5-6-11-9/h3,8-9H,4-6H2,1-2H3/t8-,9-/m1/s1. The van der Waals surface area contributed by atoms with Gasteiger partial charge in [-0.1, -0.05) is 34.2 Å². The predicted molar refractivity (Wildman–Crippen MR) is 56.2 cm³/mol. The van der Waals surface area contributed by atoms with Crippen molar-refractivity contribution in [3.63, 3.8) is 0 Å². The fourth-order valence-electron chi connectivity index (χ4n) is 1.19. The van der Waals surface area contributed by atoms with Gasteiger partial charge in [0.1, 0.15) is 0 Å². The van der Waals surface area contributed by atoms with Crippen molar-refractivity contribution in [1.82, 2.24) is 0 Å². The van der Waals surface area contributed by atoms with E-state index in [0.29, 0.717) is 6.10 Å². The Morgan fingerprint density at radius 3 is 2.82 bits per heavy atom. The first-order valence-corrected chi connectivity index (χ1v) is 5.33. The minimum Gasteiger partial charge on any atom is -0.377 e. The van der Waals surface area contributed by atoms with Crippen molar-refractivity contribution < 1.29 is 4.74 Å². The maximum atomic E-state index is 5.56. The second-order valence-electron chi connectivity index (χ2n) is 3.23. The molecular formula is C9H15IO. The molecule has 1 fully saturated rings. The highest BCUT2D eigenvalue weighted by molar-refractivity contribution is 14.1. The summed E-state index contributed by atoms with van der Waals surface area (Å²) in [7, 11) is 0. The molecule has 1 aliphatic rings. The summed E-state index contributed by atoms with van der Waals surface area (Å²) in [4.78, 5) is 0. The van der Waals surface area contributed by atoms with Gasteiger partial charge in [-0.25, -0.2) is 0 Å². The summed E-state index contributed by atoms with van der Waals surface area (Å²) in [6.45, 7) is 5.23. The first kappa shape index (κ1) is 9.52. The Hall–Kier alpha value is 0.430. The molecule has 0 aliphatic carbocycles. The van der Waals surface area contributed by atoms with Gasteiger partial charge in [-0.3, -0.25) is 0 Å². The largest absolute Gasteiger partial charge is 0.377 e. The first-order valence-electron chi connectivity index (χ1n) is 4.09. The van der Waals surface area contributed by atoms with Crippen LogP contribution >= 0.6 is 22.6 Å². The second-order valence-corrected chi connectivity index (χ2v) is 4.83. The molecule has 0 radical (unpaired) electrons. The number of hydrogen-bond acceptors (Lipinski definition) is 1. The van der Waals surface area contributed by atoms with Crippen LogP contribution in [0.15, 0.2) is 11.6 Å². The van der Waals surface area contributed by atoms with E-state index in [2.05, 4.69) is 42.5 Å². The molecule has 0 spiro atoms. The normalized spacial score (nSPS) is 30.5. The molecule has 1 aliphatic heterocycles. The van der Waals surface area contributed by atoms with Crippen molar-refractivity contribution in [2.75, 3.05) is 6.61 Å². The zero-order valence-electron chi connectivity index (χ0n) is 7.14. The quantitative estimate of drug-likeness (QED) is 0.424. The monoisotopic (exact) mass is 266 g/mol. The van der Waals surface area contributed by atoms with Crippen LogP contribution in [0, 0.1) is 0 Å². The summed E-state index contributed by atoms with van der Waals surface area (Å²) < 4.78 is 6.29. The molecule has 1 saturated heterocycles. The molecule has 11 heavy (non-hydrogen) atoms. The second kappa shape index (κ2) is 4.45. The first-order chi connectivity index (χ1) is 5.20. The number of hydrogen-bond donors (Lipinski definition) is 0. The van der Waals surface area contributed by atoms with Crippen molar-refractivity contribution in [2.45, 2.75) is 36.7 Å². The van der Waals surface area contributed by atoms with Crippen LogP contribution < -0.4 is 0 Å². The number of allylic oxidation sites excluding steroid dienone is 1. The smallest absolute Gasteiger partial charge is 0.0727 e. The number of rotatable bonds is 2. The summed E-state index contributed by atoms with van der Waals surface area (Å²) in [5.41, 5.74) is 1.39. The van der Waals surface area contributed by atoms with Crippen LogP contribution in [0.2, 0.25) is 0 Å². The maximum Gasteiger partial charge on any atom is 0.0727 e. The SMILES string of the molecule is CC(C)=CC[C@H]1OCC[C@H]1I. The molecule has 0 unspecified atom stereocenters. The Morgan fingerprint density at radius 2 is 2.36 bits per heavy atom. The van der Waals surface area contributed by atoms with Crippen LogP contribution in [0.5, 0.6) is 0 Å². The van der Waals surface area contributed by atoms with Crippen molar-refractivity contribution in [3.05, 3.63) is 11.6 Å². The van der Waals surface area contributed by atoms with Crippen LogP contribution in [0.4, 0.5) is 0 Å². The molecule has 0 saturated carbocycles. The van der Waals surface area contributed by atoms with Gasteiger partial charge in [-0.2, -0.15) is 0 Å². The summed E-state index contributed by atoms with van der Waals surface area (Å²) in [6.07, 6.45) is 5.06. The predicted octanol–water partition coefficient (Wildman–Crippen LogP) is 2.94. The maximum absolute atomic E-state index is 5.56. The zero-order valence-corrected chi connectivity index (χ0v) is 9.30. The molecule has 0 aromatic rings. The minimum absolute atomic E-state index is 0.477. The van der Waals surface area contributed by atoms with Crippen LogP contribution in [0.25, 0.3) is 0 Å². The van der Waals surface area contributed by atoms with Crippen molar-refractivity contribution in [2.24, 2.45) is 0 Å². The lowest BCUT2D eigenvalue weighted by Crippen LogP contribution is -2.13. The highest BCUT2D eigenvalue weighted by atomic mass is 127. The Labute approximate surface area is 82.3 Å². The van der Waals surface area contributed by atoms with Gasteiger partial charge >= 0.3 is 0 Å². The van der Waals surface area contributed by atoms with Gasteiger partial charge in [0.2, 0.25) is 0 Å². The zero-order chi connectivity index (χ0) is 8.27. The van der Waals surface area contributed by atoms with Gasteiger partial charge in [0.05, 0.1) is 6.10 Å². The molecule has 0 aromatic heterocycles. The summed E-state index contributed by atoms with van der Waals surface area (Å²) in [5, 5.41) is 0. The van der Waals surface area contributed by atoms with E-state index in [4.69, 9.17) is 4.74 Å².